The molecule has 150 valence electrons. The van der Waals surface area contributed by atoms with Gasteiger partial charge in [0.05, 0.1) is 11.4 Å². The Hall–Kier alpha value is -2.61. The van der Waals surface area contributed by atoms with Gasteiger partial charge in [0.2, 0.25) is 15.9 Å². The first-order valence-corrected chi connectivity index (χ1v) is 10.7. The molecule has 0 radical (unpaired) electrons. The molecule has 1 aliphatic heterocycles. The van der Waals surface area contributed by atoms with Crippen LogP contribution in [0.3, 0.4) is 0 Å². The molecule has 1 N–H and O–H groups in total. The molecule has 0 saturated carbocycles. The van der Waals surface area contributed by atoms with Gasteiger partial charge in [0.1, 0.15) is 11.9 Å². The van der Waals surface area contributed by atoms with Gasteiger partial charge in [-0.25, -0.2) is 12.8 Å². The Morgan fingerprint density at radius 1 is 1.25 bits per heavy atom. The summed E-state index contributed by atoms with van der Waals surface area (Å²) in [7, 11) is -1.53. The summed E-state index contributed by atoms with van der Waals surface area (Å²) in [6.07, 6.45) is 0.630. The normalized spacial score (nSPS) is 16.6. The van der Waals surface area contributed by atoms with Crippen LogP contribution in [0, 0.1) is 5.82 Å². The Labute approximate surface area is 165 Å². The highest BCUT2D eigenvalue weighted by atomic mass is 32.2. The monoisotopic (exact) mass is 405 g/mol. The fraction of sp³-hybridized carbons (Fsp3) is 0.350. The molecule has 2 aromatic rings. The second kappa shape index (κ2) is 8.18. The zero-order valence-electron chi connectivity index (χ0n) is 15.9. The summed E-state index contributed by atoms with van der Waals surface area (Å²) >= 11 is 0. The van der Waals surface area contributed by atoms with Crippen LogP contribution >= 0.6 is 0 Å². The van der Waals surface area contributed by atoms with E-state index in [1.807, 2.05) is 0 Å². The van der Waals surface area contributed by atoms with Crippen molar-refractivity contribution in [1.82, 2.24) is 4.90 Å². The lowest BCUT2D eigenvalue weighted by Gasteiger charge is -2.23. The zero-order valence-corrected chi connectivity index (χ0v) is 16.7. The van der Waals surface area contributed by atoms with E-state index in [0.717, 1.165) is 11.3 Å². The fourth-order valence-corrected chi connectivity index (χ4v) is 4.85. The van der Waals surface area contributed by atoms with Crippen LogP contribution in [-0.2, 0) is 21.4 Å². The Morgan fingerprint density at radius 2 is 1.96 bits per heavy atom. The minimum atomic E-state index is -3.21. The lowest BCUT2D eigenvalue weighted by Crippen LogP contribution is -2.38. The number of hydrogen-bond acceptors (Lipinski definition) is 4. The number of carbonyl (C=O) groups is 1. The van der Waals surface area contributed by atoms with Crippen molar-refractivity contribution in [2.75, 3.05) is 29.0 Å². The summed E-state index contributed by atoms with van der Waals surface area (Å²) in [4.78, 5) is 14.1. The topological polar surface area (TPSA) is 69.7 Å². The van der Waals surface area contributed by atoms with Crippen LogP contribution in [0.1, 0.15) is 18.9 Å². The van der Waals surface area contributed by atoms with E-state index >= 15 is 0 Å². The number of benzene rings is 2. The van der Waals surface area contributed by atoms with E-state index in [1.54, 1.807) is 50.4 Å². The molecule has 2 aromatic carbocycles. The Balaban J connectivity index is 1.60. The van der Waals surface area contributed by atoms with Gasteiger partial charge in [0.25, 0.3) is 0 Å². The highest BCUT2D eigenvalue weighted by Gasteiger charge is 2.28. The number of halogens is 1. The second-order valence-corrected chi connectivity index (χ2v) is 8.99. The number of nitrogens with one attached hydrogen (secondary N) is 1. The number of rotatable bonds is 6. The Bertz CT molecular complexity index is 947. The molecular formula is C20H24FN3O3S. The van der Waals surface area contributed by atoms with Crippen molar-refractivity contribution in [3.05, 3.63) is 59.9 Å². The average molecular weight is 405 g/mol. The largest absolute Gasteiger partial charge is 0.374 e. The molecular weight excluding hydrogens is 381 g/mol. The van der Waals surface area contributed by atoms with Gasteiger partial charge in [0.15, 0.2) is 0 Å². The maximum Gasteiger partial charge on any atom is 0.244 e. The summed E-state index contributed by atoms with van der Waals surface area (Å²) in [5.74, 6) is -0.281. The van der Waals surface area contributed by atoms with Crippen LogP contribution in [-0.4, -0.2) is 44.6 Å². The van der Waals surface area contributed by atoms with Gasteiger partial charge >= 0.3 is 0 Å². The first-order chi connectivity index (χ1) is 13.3. The van der Waals surface area contributed by atoms with E-state index in [1.165, 1.54) is 21.3 Å². The predicted molar refractivity (Wildman–Crippen MR) is 108 cm³/mol. The highest BCUT2D eigenvalue weighted by molar-refractivity contribution is 7.93. The van der Waals surface area contributed by atoms with Crippen LogP contribution in [0.4, 0.5) is 15.8 Å². The maximum absolute atomic E-state index is 13.3. The number of nitrogens with zero attached hydrogens (tertiary/aromatic N) is 2. The SMILES string of the molecule is CC(Nc1ccc(N2CCCS2(=O)=O)cc1)C(=O)N(C)Cc1cccc(F)c1. The molecule has 0 aliphatic carbocycles. The van der Waals surface area contributed by atoms with E-state index in [9.17, 15) is 17.6 Å². The molecule has 1 saturated heterocycles. The minimum Gasteiger partial charge on any atom is -0.374 e. The van der Waals surface area contributed by atoms with E-state index in [4.69, 9.17) is 0 Å². The molecule has 0 spiro atoms. The van der Waals surface area contributed by atoms with E-state index < -0.39 is 16.1 Å². The molecule has 6 nitrogen and oxygen atoms in total. The summed E-state index contributed by atoms with van der Waals surface area (Å²) in [5, 5.41) is 3.12. The number of sulfonamides is 1. The fourth-order valence-electron chi connectivity index (χ4n) is 3.28. The smallest absolute Gasteiger partial charge is 0.244 e. The number of anilines is 2. The first-order valence-electron chi connectivity index (χ1n) is 9.13. The Morgan fingerprint density at radius 3 is 2.57 bits per heavy atom. The quantitative estimate of drug-likeness (QED) is 0.802. The van der Waals surface area contributed by atoms with Crippen LogP contribution in [0.5, 0.6) is 0 Å². The van der Waals surface area contributed by atoms with Crippen molar-refractivity contribution < 1.29 is 17.6 Å². The third kappa shape index (κ3) is 4.62. The van der Waals surface area contributed by atoms with Gasteiger partial charge in [-0.1, -0.05) is 12.1 Å². The average Bonchev–Trinajstić information content (AvgIpc) is 3.00. The third-order valence-corrected chi connectivity index (χ3v) is 6.56. The van der Waals surface area contributed by atoms with Gasteiger partial charge in [-0.3, -0.25) is 9.10 Å². The van der Waals surface area contributed by atoms with Gasteiger partial charge in [-0.15, -0.1) is 0 Å². The lowest BCUT2D eigenvalue weighted by atomic mass is 10.2. The summed E-state index contributed by atoms with van der Waals surface area (Å²) in [5.41, 5.74) is 2.07. The first kappa shape index (κ1) is 20.1. The van der Waals surface area contributed by atoms with Crippen LogP contribution in [0.25, 0.3) is 0 Å². The molecule has 0 bridgehead atoms. The van der Waals surface area contributed by atoms with Gasteiger partial charge in [-0.2, -0.15) is 0 Å². The van der Waals surface area contributed by atoms with Crippen molar-refractivity contribution in [2.24, 2.45) is 0 Å². The van der Waals surface area contributed by atoms with Crippen molar-refractivity contribution in [2.45, 2.75) is 25.9 Å². The van der Waals surface area contributed by atoms with Gasteiger partial charge < -0.3 is 10.2 Å². The van der Waals surface area contributed by atoms with Gasteiger partial charge in [-0.05, 0) is 55.3 Å². The van der Waals surface area contributed by atoms with Crippen LogP contribution in [0.2, 0.25) is 0 Å². The predicted octanol–water partition coefficient (Wildman–Crippen LogP) is 2.82. The summed E-state index contributed by atoms with van der Waals surface area (Å²) < 4.78 is 38.7. The molecule has 1 aliphatic rings. The van der Waals surface area contributed by atoms with Gasteiger partial charge in [0, 0.05) is 25.8 Å². The van der Waals surface area contributed by atoms with Crippen LogP contribution < -0.4 is 9.62 Å². The van der Waals surface area contributed by atoms with E-state index in [-0.39, 0.29) is 17.5 Å². The molecule has 1 heterocycles. The second-order valence-electron chi connectivity index (χ2n) is 6.98. The molecule has 3 rings (SSSR count). The molecule has 8 heteroatoms. The Kier molecular flexibility index (Phi) is 5.88. The molecule has 1 amide bonds. The standard InChI is InChI=1S/C20H24FN3O3S/c1-15(20(25)23(2)14-16-5-3-6-17(21)13-16)22-18-7-9-19(10-8-18)24-11-4-12-28(24,26)27/h3,5-10,13,15,22H,4,11-12,14H2,1-2H3. The van der Waals surface area contributed by atoms with Crippen molar-refractivity contribution in [1.29, 1.82) is 0 Å². The third-order valence-electron chi connectivity index (χ3n) is 4.69. The van der Waals surface area contributed by atoms with E-state index in [0.29, 0.717) is 25.2 Å². The minimum absolute atomic E-state index is 0.129. The summed E-state index contributed by atoms with van der Waals surface area (Å²) in [6, 6.07) is 12.7. The molecule has 1 atom stereocenters. The highest BCUT2D eigenvalue weighted by Crippen LogP contribution is 2.25. The van der Waals surface area contributed by atoms with Crippen molar-refractivity contribution in [3.8, 4) is 0 Å². The number of amides is 1. The molecule has 1 fully saturated rings. The molecule has 1 unspecified atom stereocenters. The van der Waals surface area contributed by atoms with Crippen LogP contribution in [0.15, 0.2) is 48.5 Å². The van der Waals surface area contributed by atoms with Crippen molar-refractivity contribution >= 4 is 27.3 Å². The van der Waals surface area contributed by atoms with Crippen molar-refractivity contribution in [3.63, 3.8) is 0 Å². The molecule has 28 heavy (non-hydrogen) atoms. The zero-order chi connectivity index (χ0) is 20.3. The summed E-state index contributed by atoms with van der Waals surface area (Å²) in [6.45, 7) is 2.56. The molecule has 0 aromatic heterocycles. The maximum atomic E-state index is 13.3. The number of likely N-dealkylation sites (N-methyl/N-ethyl adjacent to an activating group) is 1. The number of hydrogen-bond donors (Lipinski definition) is 1. The number of carbonyl (C=O) groups excluding carboxylic acids is 1. The lowest BCUT2D eigenvalue weighted by molar-refractivity contribution is -0.130. The van der Waals surface area contributed by atoms with E-state index in [2.05, 4.69) is 5.32 Å².